The molecule has 0 saturated carbocycles. The molecule has 0 radical (unpaired) electrons. The normalized spacial score (nSPS) is 13.8. The second kappa shape index (κ2) is 5.86. The Labute approximate surface area is 122 Å². The molecule has 1 aromatic carbocycles. The first-order chi connectivity index (χ1) is 8.99. The maximum Gasteiger partial charge on any atom is 0.408 e. The molecule has 0 heterocycles. The highest BCUT2D eigenvalue weighted by molar-refractivity contribution is 5.68. The second-order valence-electron chi connectivity index (χ2n) is 7.24. The van der Waals surface area contributed by atoms with E-state index in [0.29, 0.717) is 0 Å². The number of ether oxygens (including phenoxy) is 1. The van der Waals surface area contributed by atoms with Gasteiger partial charge in [0.2, 0.25) is 0 Å². The van der Waals surface area contributed by atoms with E-state index in [-0.39, 0.29) is 17.6 Å². The Bertz CT molecular complexity index is 449. The summed E-state index contributed by atoms with van der Waals surface area (Å²) < 4.78 is 5.26. The minimum Gasteiger partial charge on any atom is -0.444 e. The van der Waals surface area contributed by atoms with Crippen LogP contribution in [0, 0.1) is 0 Å². The number of nitrogens with one attached hydrogen (secondary N) is 1. The van der Waals surface area contributed by atoms with Crippen molar-refractivity contribution < 1.29 is 9.53 Å². The standard InChI is InChI=1S/C17H27NO2/c1-12(18-15(19)20-17(5,6)7)13-8-10-14(11-9-13)16(2,3)4/h8-12H,1-7H3,(H,18,19). The molecule has 1 unspecified atom stereocenters. The van der Waals surface area contributed by atoms with E-state index in [1.54, 1.807) is 0 Å². The van der Waals surface area contributed by atoms with Gasteiger partial charge in [-0.05, 0) is 44.2 Å². The number of carbonyl (C=O) groups is 1. The molecule has 0 spiro atoms. The van der Waals surface area contributed by atoms with Crippen molar-refractivity contribution in [2.24, 2.45) is 0 Å². The maximum atomic E-state index is 11.7. The third kappa shape index (κ3) is 5.24. The van der Waals surface area contributed by atoms with Gasteiger partial charge in [0.05, 0.1) is 6.04 Å². The first-order valence-corrected chi connectivity index (χ1v) is 7.09. The minimum absolute atomic E-state index is 0.0705. The van der Waals surface area contributed by atoms with Crippen molar-refractivity contribution in [1.29, 1.82) is 0 Å². The lowest BCUT2D eigenvalue weighted by Crippen LogP contribution is -2.34. The van der Waals surface area contributed by atoms with Crippen LogP contribution in [0.5, 0.6) is 0 Å². The lowest BCUT2D eigenvalue weighted by molar-refractivity contribution is 0.0508. The van der Waals surface area contributed by atoms with Gasteiger partial charge in [-0.15, -0.1) is 0 Å². The molecule has 0 aliphatic heterocycles. The van der Waals surface area contributed by atoms with E-state index < -0.39 is 5.60 Å². The Kier molecular flexibility index (Phi) is 4.85. The van der Waals surface area contributed by atoms with Gasteiger partial charge in [0.1, 0.15) is 5.60 Å². The number of carbonyl (C=O) groups excluding carboxylic acids is 1. The summed E-state index contributed by atoms with van der Waals surface area (Å²) in [5.41, 5.74) is 2.02. The molecule has 112 valence electrons. The molecule has 0 fully saturated rings. The van der Waals surface area contributed by atoms with Crippen molar-refractivity contribution >= 4 is 6.09 Å². The molecule has 1 atom stereocenters. The average molecular weight is 277 g/mol. The topological polar surface area (TPSA) is 38.3 Å². The highest BCUT2D eigenvalue weighted by atomic mass is 16.6. The predicted molar refractivity (Wildman–Crippen MR) is 82.9 cm³/mol. The van der Waals surface area contributed by atoms with Gasteiger partial charge in [-0.2, -0.15) is 0 Å². The molecule has 3 heteroatoms. The number of rotatable bonds is 2. The number of hydrogen-bond acceptors (Lipinski definition) is 2. The van der Waals surface area contributed by atoms with Gasteiger partial charge in [-0.25, -0.2) is 4.79 Å². The van der Waals surface area contributed by atoms with Crippen LogP contribution in [0.2, 0.25) is 0 Å². The minimum atomic E-state index is -0.472. The zero-order valence-electron chi connectivity index (χ0n) is 13.7. The third-order valence-corrected chi connectivity index (χ3v) is 3.01. The van der Waals surface area contributed by atoms with E-state index in [1.165, 1.54) is 5.56 Å². The summed E-state index contributed by atoms with van der Waals surface area (Å²) in [7, 11) is 0. The molecule has 3 nitrogen and oxygen atoms in total. The van der Waals surface area contributed by atoms with Crippen molar-refractivity contribution in [2.75, 3.05) is 0 Å². The molecule has 1 N–H and O–H groups in total. The molecule has 1 aromatic rings. The quantitative estimate of drug-likeness (QED) is 0.860. The first-order valence-electron chi connectivity index (χ1n) is 7.09. The van der Waals surface area contributed by atoms with Crippen LogP contribution in [0.25, 0.3) is 0 Å². The van der Waals surface area contributed by atoms with Crippen molar-refractivity contribution in [1.82, 2.24) is 5.32 Å². The molecule has 0 saturated heterocycles. The number of hydrogen-bond donors (Lipinski definition) is 1. The van der Waals surface area contributed by atoms with Gasteiger partial charge in [-0.3, -0.25) is 0 Å². The van der Waals surface area contributed by atoms with Gasteiger partial charge in [0.15, 0.2) is 0 Å². The number of benzene rings is 1. The van der Waals surface area contributed by atoms with E-state index in [4.69, 9.17) is 4.74 Å². The summed E-state index contributed by atoms with van der Waals surface area (Å²) >= 11 is 0. The second-order valence-corrected chi connectivity index (χ2v) is 7.24. The summed E-state index contributed by atoms with van der Waals surface area (Å²) in [4.78, 5) is 11.7. The van der Waals surface area contributed by atoms with Crippen molar-refractivity contribution in [3.63, 3.8) is 0 Å². The van der Waals surface area contributed by atoms with Crippen LogP contribution in [0.3, 0.4) is 0 Å². The molecule has 0 aliphatic carbocycles. The van der Waals surface area contributed by atoms with Crippen LogP contribution < -0.4 is 5.32 Å². The fraction of sp³-hybridized carbons (Fsp3) is 0.588. The van der Waals surface area contributed by atoms with E-state index in [1.807, 2.05) is 27.7 Å². The van der Waals surface area contributed by atoms with E-state index in [2.05, 4.69) is 50.4 Å². The zero-order chi connectivity index (χ0) is 15.6. The maximum absolute atomic E-state index is 11.7. The summed E-state index contributed by atoms with van der Waals surface area (Å²) in [6.07, 6.45) is -0.384. The molecule has 1 amide bonds. The van der Waals surface area contributed by atoms with Crippen molar-refractivity contribution in [2.45, 2.75) is 65.5 Å². The van der Waals surface area contributed by atoms with Crippen molar-refractivity contribution in [3.05, 3.63) is 35.4 Å². The zero-order valence-corrected chi connectivity index (χ0v) is 13.7. The molecular weight excluding hydrogens is 250 g/mol. The Morgan fingerprint density at radius 2 is 1.55 bits per heavy atom. The largest absolute Gasteiger partial charge is 0.444 e. The van der Waals surface area contributed by atoms with Gasteiger partial charge in [0, 0.05) is 0 Å². The third-order valence-electron chi connectivity index (χ3n) is 3.01. The van der Waals surface area contributed by atoms with E-state index in [0.717, 1.165) is 5.56 Å². The molecule has 0 aliphatic rings. The Morgan fingerprint density at radius 1 is 1.05 bits per heavy atom. The van der Waals surface area contributed by atoms with Gasteiger partial charge >= 0.3 is 6.09 Å². The van der Waals surface area contributed by atoms with Gasteiger partial charge in [0.25, 0.3) is 0 Å². The lowest BCUT2D eigenvalue weighted by Gasteiger charge is -2.23. The molecule has 20 heavy (non-hydrogen) atoms. The monoisotopic (exact) mass is 277 g/mol. The molecule has 1 rings (SSSR count). The SMILES string of the molecule is CC(NC(=O)OC(C)(C)C)c1ccc(C(C)(C)C)cc1. The van der Waals surface area contributed by atoms with E-state index >= 15 is 0 Å². The Hall–Kier alpha value is -1.51. The summed E-state index contributed by atoms with van der Waals surface area (Å²) in [6.45, 7) is 14.1. The molecule has 0 aromatic heterocycles. The fourth-order valence-electron chi connectivity index (χ4n) is 1.84. The number of amides is 1. The molecular formula is C17H27NO2. The number of alkyl carbamates (subject to hydrolysis) is 1. The smallest absolute Gasteiger partial charge is 0.408 e. The predicted octanol–water partition coefficient (Wildman–Crippen LogP) is 4.57. The molecule has 0 bridgehead atoms. The van der Waals surface area contributed by atoms with Gasteiger partial charge < -0.3 is 10.1 Å². The summed E-state index contributed by atoms with van der Waals surface area (Å²) in [6, 6.07) is 8.27. The highest BCUT2D eigenvalue weighted by Crippen LogP contribution is 2.24. The Balaban J connectivity index is 2.69. The fourth-order valence-corrected chi connectivity index (χ4v) is 1.84. The van der Waals surface area contributed by atoms with Crippen LogP contribution in [-0.4, -0.2) is 11.7 Å². The van der Waals surface area contributed by atoms with Crippen LogP contribution >= 0.6 is 0 Å². The van der Waals surface area contributed by atoms with E-state index in [9.17, 15) is 4.79 Å². The van der Waals surface area contributed by atoms with Crippen LogP contribution in [0.15, 0.2) is 24.3 Å². The Morgan fingerprint density at radius 3 is 1.95 bits per heavy atom. The average Bonchev–Trinajstić information content (AvgIpc) is 2.25. The van der Waals surface area contributed by atoms with Crippen LogP contribution in [-0.2, 0) is 10.2 Å². The lowest BCUT2D eigenvalue weighted by atomic mass is 9.86. The highest BCUT2D eigenvalue weighted by Gasteiger charge is 2.19. The summed E-state index contributed by atoms with van der Waals surface area (Å²) in [5, 5.41) is 2.85. The van der Waals surface area contributed by atoms with Crippen LogP contribution in [0.1, 0.15) is 65.6 Å². The summed E-state index contributed by atoms with van der Waals surface area (Å²) in [5.74, 6) is 0. The first kappa shape index (κ1) is 16.5. The van der Waals surface area contributed by atoms with Gasteiger partial charge in [-0.1, -0.05) is 45.0 Å². The van der Waals surface area contributed by atoms with Crippen LogP contribution in [0.4, 0.5) is 4.79 Å². The van der Waals surface area contributed by atoms with Crippen molar-refractivity contribution in [3.8, 4) is 0 Å².